The van der Waals surface area contributed by atoms with Crippen molar-refractivity contribution in [2.45, 2.75) is 26.8 Å². The summed E-state index contributed by atoms with van der Waals surface area (Å²) in [6, 6.07) is 10.6. The molecule has 0 spiro atoms. The predicted molar refractivity (Wildman–Crippen MR) is 129 cm³/mol. The molecule has 1 unspecified atom stereocenters. The van der Waals surface area contributed by atoms with Gasteiger partial charge in [-0.25, -0.2) is 0 Å². The van der Waals surface area contributed by atoms with Crippen molar-refractivity contribution in [2.75, 3.05) is 39.9 Å². The van der Waals surface area contributed by atoms with Gasteiger partial charge in [-0.1, -0.05) is 32.0 Å². The average Bonchev–Trinajstić information content (AvgIpc) is 3.10. The normalized spacial score (nSPS) is 17.4. The van der Waals surface area contributed by atoms with Crippen molar-refractivity contribution in [1.29, 1.82) is 0 Å². The number of aliphatic hydroxyl groups is 1. The van der Waals surface area contributed by atoms with Crippen LogP contribution in [0.2, 0.25) is 0 Å². The molecule has 8 heteroatoms. The maximum Gasteiger partial charge on any atom is 0.295 e. The Balaban J connectivity index is 2.14. The first-order valence-electron chi connectivity index (χ1n) is 11.5. The fraction of sp³-hybridized carbons (Fsp3) is 0.385. The quantitative estimate of drug-likeness (QED) is 0.312. The zero-order valence-corrected chi connectivity index (χ0v) is 20.1. The van der Waals surface area contributed by atoms with Crippen LogP contribution in [0.4, 0.5) is 0 Å². The summed E-state index contributed by atoms with van der Waals surface area (Å²) >= 11 is 0. The number of aliphatic hydroxyl groups excluding tert-OH is 1. The van der Waals surface area contributed by atoms with Gasteiger partial charge in [0.25, 0.3) is 11.7 Å². The molecule has 34 heavy (non-hydrogen) atoms. The van der Waals surface area contributed by atoms with E-state index in [4.69, 9.17) is 9.47 Å². The number of methoxy groups -OCH3 is 1. The lowest BCUT2D eigenvalue weighted by Gasteiger charge is -2.28. The molecule has 1 saturated heterocycles. The molecule has 182 valence electrons. The van der Waals surface area contributed by atoms with E-state index in [1.165, 1.54) is 18.1 Å². The molecule has 0 radical (unpaired) electrons. The third-order valence-corrected chi connectivity index (χ3v) is 6.03. The summed E-state index contributed by atoms with van der Waals surface area (Å²) in [4.78, 5) is 29.9. The molecular weight excluding hydrogens is 436 g/mol. The molecule has 8 nitrogen and oxygen atoms in total. The van der Waals surface area contributed by atoms with Crippen LogP contribution in [0.25, 0.3) is 5.76 Å². The van der Waals surface area contributed by atoms with E-state index in [1.807, 2.05) is 20.8 Å². The Kier molecular flexibility index (Phi) is 8.17. The van der Waals surface area contributed by atoms with Crippen molar-refractivity contribution in [3.05, 3.63) is 59.2 Å². The molecule has 1 heterocycles. The Hall–Kier alpha value is -3.52. The molecule has 3 rings (SSSR count). The summed E-state index contributed by atoms with van der Waals surface area (Å²) in [5.41, 5.74) is 0.922. The molecule has 2 aromatic carbocycles. The standard InChI is InChI=1S/C26H32N2O6/c1-5-27(6-2)13-14-28-23(17-11-12-20(29)21(16-17)33-4)22(25(31)26(28)32)24(30)18-9-8-10-19(15-18)34-7-3/h8-12,15-16,23,29-30H,5-7,13-14H2,1-4H3/b24-22+. The van der Waals surface area contributed by atoms with E-state index >= 15 is 0 Å². The second kappa shape index (κ2) is 11.1. The van der Waals surface area contributed by atoms with Gasteiger partial charge in [-0.15, -0.1) is 0 Å². The van der Waals surface area contributed by atoms with Crippen molar-refractivity contribution in [3.63, 3.8) is 0 Å². The number of hydrogen-bond acceptors (Lipinski definition) is 7. The fourth-order valence-electron chi connectivity index (χ4n) is 4.17. The average molecular weight is 469 g/mol. The molecule has 0 saturated carbocycles. The number of likely N-dealkylation sites (tertiary alicyclic amines) is 1. The number of aromatic hydroxyl groups is 1. The molecule has 2 N–H and O–H groups in total. The second-order valence-electron chi connectivity index (χ2n) is 7.91. The minimum absolute atomic E-state index is 0.00839. The van der Waals surface area contributed by atoms with E-state index < -0.39 is 17.7 Å². The zero-order chi connectivity index (χ0) is 24.8. The van der Waals surface area contributed by atoms with Crippen molar-refractivity contribution in [3.8, 4) is 17.2 Å². The maximum atomic E-state index is 13.2. The fourth-order valence-corrected chi connectivity index (χ4v) is 4.17. The summed E-state index contributed by atoms with van der Waals surface area (Å²) in [6.07, 6.45) is 0. The molecule has 0 aliphatic carbocycles. The third kappa shape index (κ3) is 5.02. The summed E-state index contributed by atoms with van der Waals surface area (Å²) in [5.74, 6) is -1.00. The Morgan fingerprint density at radius 2 is 1.82 bits per heavy atom. The molecular formula is C26H32N2O6. The van der Waals surface area contributed by atoms with Crippen LogP contribution in [-0.2, 0) is 9.59 Å². The molecule has 0 aromatic heterocycles. The summed E-state index contributed by atoms with van der Waals surface area (Å²) in [6.45, 7) is 8.86. The molecule has 1 aliphatic rings. The van der Waals surface area contributed by atoms with Gasteiger partial charge in [0.1, 0.15) is 11.5 Å². The number of nitrogens with zero attached hydrogens (tertiary/aromatic N) is 2. The van der Waals surface area contributed by atoms with Gasteiger partial charge in [0, 0.05) is 18.7 Å². The van der Waals surface area contributed by atoms with Crippen LogP contribution in [0.15, 0.2) is 48.0 Å². The van der Waals surface area contributed by atoms with E-state index in [0.717, 1.165) is 13.1 Å². The van der Waals surface area contributed by atoms with E-state index in [-0.39, 0.29) is 22.8 Å². The number of ether oxygens (including phenoxy) is 2. The van der Waals surface area contributed by atoms with Crippen LogP contribution in [0, 0.1) is 0 Å². The zero-order valence-electron chi connectivity index (χ0n) is 20.1. The molecule has 1 aliphatic heterocycles. The lowest BCUT2D eigenvalue weighted by atomic mass is 9.95. The number of amides is 1. The van der Waals surface area contributed by atoms with E-state index in [0.29, 0.717) is 36.6 Å². The van der Waals surface area contributed by atoms with Gasteiger partial charge >= 0.3 is 0 Å². The van der Waals surface area contributed by atoms with Gasteiger partial charge in [-0.3, -0.25) is 9.59 Å². The lowest BCUT2D eigenvalue weighted by molar-refractivity contribution is -0.140. The summed E-state index contributed by atoms with van der Waals surface area (Å²) < 4.78 is 10.8. The molecule has 0 bridgehead atoms. The monoisotopic (exact) mass is 468 g/mol. The van der Waals surface area contributed by atoms with Crippen molar-refractivity contribution in [2.24, 2.45) is 0 Å². The van der Waals surface area contributed by atoms with E-state index in [9.17, 15) is 19.8 Å². The Morgan fingerprint density at radius 1 is 1.09 bits per heavy atom. The SMILES string of the molecule is CCOc1cccc(/C(O)=C2\C(=O)C(=O)N(CCN(CC)CC)C2c2ccc(O)c(OC)c2)c1. The van der Waals surface area contributed by atoms with Crippen LogP contribution < -0.4 is 9.47 Å². The minimum atomic E-state index is -0.833. The first kappa shape index (κ1) is 25.1. The third-order valence-electron chi connectivity index (χ3n) is 6.03. The number of phenols is 1. The van der Waals surface area contributed by atoms with Gasteiger partial charge in [0.15, 0.2) is 11.5 Å². The molecule has 2 aromatic rings. The smallest absolute Gasteiger partial charge is 0.295 e. The minimum Gasteiger partial charge on any atom is -0.507 e. The Morgan fingerprint density at radius 3 is 2.47 bits per heavy atom. The van der Waals surface area contributed by atoms with Gasteiger partial charge in [0.05, 0.1) is 25.3 Å². The highest BCUT2D eigenvalue weighted by Crippen LogP contribution is 2.41. The number of benzene rings is 2. The van der Waals surface area contributed by atoms with E-state index in [1.54, 1.807) is 36.4 Å². The number of likely N-dealkylation sites (N-methyl/N-ethyl adjacent to an activating group) is 1. The van der Waals surface area contributed by atoms with Crippen molar-refractivity contribution >= 4 is 17.4 Å². The largest absolute Gasteiger partial charge is 0.507 e. The number of Topliss-reactive ketones (excluding diaryl/α,β-unsaturated/α-hetero) is 1. The van der Waals surface area contributed by atoms with Crippen LogP contribution in [0.3, 0.4) is 0 Å². The molecule has 1 amide bonds. The topological polar surface area (TPSA) is 99.5 Å². The van der Waals surface area contributed by atoms with Gasteiger partial charge < -0.3 is 29.5 Å². The van der Waals surface area contributed by atoms with Crippen LogP contribution >= 0.6 is 0 Å². The van der Waals surface area contributed by atoms with Gasteiger partial charge in [-0.05, 0) is 49.8 Å². The van der Waals surface area contributed by atoms with Gasteiger partial charge in [0.2, 0.25) is 0 Å². The number of carbonyl (C=O) groups is 2. The van der Waals surface area contributed by atoms with Crippen molar-refractivity contribution < 1.29 is 29.3 Å². The number of carbonyl (C=O) groups excluding carboxylic acids is 2. The van der Waals surface area contributed by atoms with Crippen LogP contribution in [0.5, 0.6) is 17.2 Å². The number of ketones is 1. The number of hydrogen-bond donors (Lipinski definition) is 2. The number of rotatable bonds is 10. The lowest BCUT2D eigenvalue weighted by Crippen LogP contribution is -2.38. The van der Waals surface area contributed by atoms with Crippen LogP contribution in [0.1, 0.15) is 37.9 Å². The Bertz CT molecular complexity index is 1080. The van der Waals surface area contributed by atoms with Crippen molar-refractivity contribution in [1.82, 2.24) is 9.80 Å². The first-order chi connectivity index (χ1) is 16.4. The summed E-state index contributed by atoms with van der Waals surface area (Å²) in [5, 5.41) is 21.3. The number of phenolic OH excluding ortho intramolecular Hbond substituents is 1. The molecule has 1 atom stereocenters. The predicted octanol–water partition coefficient (Wildman–Crippen LogP) is 3.56. The highest BCUT2D eigenvalue weighted by atomic mass is 16.5. The molecule has 1 fully saturated rings. The maximum absolute atomic E-state index is 13.2. The Labute approximate surface area is 200 Å². The van der Waals surface area contributed by atoms with Gasteiger partial charge in [-0.2, -0.15) is 0 Å². The van der Waals surface area contributed by atoms with E-state index in [2.05, 4.69) is 4.90 Å². The first-order valence-corrected chi connectivity index (χ1v) is 11.5. The van der Waals surface area contributed by atoms with Crippen LogP contribution in [-0.4, -0.2) is 71.6 Å². The highest BCUT2D eigenvalue weighted by Gasteiger charge is 2.46. The highest BCUT2D eigenvalue weighted by molar-refractivity contribution is 6.46. The second-order valence-corrected chi connectivity index (χ2v) is 7.91. The summed E-state index contributed by atoms with van der Waals surface area (Å²) in [7, 11) is 1.43.